The number of hydrogen-bond donors (Lipinski definition) is 1. The molecule has 1 heterocycles. The highest BCUT2D eigenvalue weighted by molar-refractivity contribution is 7.84. The van der Waals surface area contributed by atoms with Gasteiger partial charge in [0.15, 0.2) is 5.76 Å². The van der Waals surface area contributed by atoms with Crippen molar-refractivity contribution in [3.8, 4) is 0 Å². The van der Waals surface area contributed by atoms with E-state index in [-0.39, 0.29) is 12.3 Å². The van der Waals surface area contributed by atoms with Gasteiger partial charge in [0.2, 0.25) is 0 Å². The molecule has 18 heavy (non-hydrogen) atoms. The monoisotopic (exact) mass is 275 g/mol. The Morgan fingerprint density at radius 3 is 2.61 bits per heavy atom. The smallest absolute Gasteiger partial charge is 0.362 e. The van der Waals surface area contributed by atoms with Crippen molar-refractivity contribution in [2.75, 3.05) is 6.54 Å². The number of nitrogens with zero attached hydrogens (tertiary/aromatic N) is 1. The summed E-state index contributed by atoms with van der Waals surface area (Å²) in [6.45, 7) is 1.98. The number of carbonyl (C=O) groups is 1. The number of amides is 1. The third-order valence-electron chi connectivity index (χ3n) is 2.45. The lowest BCUT2D eigenvalue weighted by atomic mass is 10.2. The molecule has 0 bridgehead atoms. The molecular weight excluding hydrogens is 258 g/mol. The average molecular weight is 275 g/mol. The van der Waals surface area contributed by atoms with Gasteiger partial charge in [0.05, 0.1) is 6.26 Å². The Bertz CT molecular complexity index is 466. The van der Waals surface area contributed by atoms with Crippen LogP contribution in [0, 0.1) is 0 Å². The first-order valence-corrected chi connectivity index (χ1v) is 7.19. The minimum absolute atomic E-state index is 0.0433. The van der Waals surface area contributed by atoms with Crippen molar-refractivity contribution in [1.82, 2.24) is 4.31 Å². The summed E-state index contributed by atoms with van der Waals surface area (Å²) in [4.78, 5) is 11.8. The van der Waals surface area contributed by atoms with Gasteiger partial charge in [-0.1, -0.05) is 26.2 Å². The van der Waals surface area contributed by atoms with Crippen LogP contribution < -0.4 is 0 Å². The van der Waals surface area contributed by atoms with E-state index in [0.717, 1.165) is 19.3 Å². The molecule has 1 N–H and O–H groups in total. The molecule has 1 amide bonds. The molecule has 0 aliphatic carbocycles. The van der Waals surface area contributed by atoms with Crippen LogP contribution in [-0.4, -0.2) is 29.7 Å². The van der Waals surface area contributed by atoms with Crippen LogP contribution in [-0.2, 0) is 10.3 Å². The number of unbranched alkanes of at least 4 members (excludes halogenated alkanes) is 3. The molecule has 0 radical (unpaired) electrons. The van der Waals surface area contributed by atoms with Crippen LogP contribution in [0.25, 0.3) is 0 Å². The number of carbonyl (C=O) groups excluding carboxylic acids is 1. The van der Waals surface area contributed by atoms with E-state index in [1.54, 1.807) is 0 Å². The Hall–Kier alpha value is -1.34. The molecule has 0 saturated carbocycles. The molecule has 0 aliphatic heterocycles. The predicted molar refractivity (Wildman–Crippen MR) is 65.4 cm³/mol. The van der Waals surface area contributed by atoms with Crippen molar-refractivity contribution in [2.45, 2.75) is 32.6 Å². The van der Waals surface area contributed by atoms with E-state index in [9.17, 15) is 13.2 Å². The molecule has 0 saturated heterocycles. The van der Waals surface area contributed by atoms with Crippen LogP contribution in [0.2, 0.25) is 0 Å². The van der Waals surface area contributed by atoms with Crippen molar-refractivity contribution < 1.29 is 22.2 Å². The maximum absolute atomic E-state index is 11.8. The summed E-state index contributed by atoms with van der Waals surface area (Å²) in [6.07, 6.45) is 4.53. The number of hydrogen-bond acceptors (Lipinski definition) is 4. The summed E-state index contributed by atoms with van der Waals surface area (Å²) in [7, 11) is -4.55. The van der Waals surface area contributed by atoms with Crippen molar-refractivity contribution in [3.63, 3.8) is 0 Å². The van der Waals surface area contributed by atoms with Crippen LogP contribution >= 0.6 is 0 Å². The predicted octanol–water partition coefficient (Wildman–Crippen LogP) is 2.10. The van der Waals surface area contributed by atoms with Crippen LogP contribution in [0.3, 0.4) is 0 Å². The summed E-state index contributed by atoms with van der Waals surface area (Å²) in [5, 5.41) is 0. The minimum atomic E-state index is -4.55. The lowest BCUT2D eigenvalue weighted by Crippen LogP contribution is -2.37. The molecule has 0 spiro atoms. The average Bonchev–Trinajstić information content (AvgIpc) is 2.80. The second kappa shape index (κ2) is 6.55. The molecule has 0 atom stereocenters. The van der Waals surface area contributed by atoms with Gasteiger partial charge in [-0.25, -0.2) is 4.31 Å². The van der Waals surface area contributed by atoms with E-state index in [2.05, 4.69) is 0 Å². The molecule has 6 nitrogen and oxygen atoms in total. The summed E-state index contributed by atoms with van der Waals surface area (Å²) < 4.78 is 36.6. The highest BCUT2D eigenvalue weighted by atomic mass is 32.2. The molecule has 1 aromatic heterocycles. The zero-order chi connectivity index (χ0) is 13.6. The van der Waals surface area contributed by atoms with Gasteiger partial charge < -0.3 is 4.42 Å². The lowest BCUT2D eigenvalue weighted by Gasteiger charge is -2.17. The van der Waals surface area contributed by atoms with Crippen molar-refractivity contribution >= 4 is 16.2 Å². The Balaban J connectivity index is 2.71. The maximum Gasteiger partial charge on any atom is 0.362 e. The Morgan fingerprint density at radius 1 is 1.39 bits per heavy atom. The first-order chi connectivity index (χ1) is 8.46. The summed E-state index contributed by atoms with van der Waals surface area (Å²) in [6, 6.07) is 2.83. The third kappa shape index (κ3) is 4.15. The fourth-order valence-electron chi connectivity index (χ4n) is 1.53. The zero-order valence-corrected chi connectivity index (χ0v) is 11.0. The van der Waals surface area contributed by atoms with E-state index in [1.807, 2.05) is 6.92 Å². The van der Waals surface area contributed by atoms with Crippen molar-refractivity contribution in [2.24, 2.45) is 0 Å². The Morgan fingerprint density at radius 2 is 2.11 bits per heavy atom. The van der Waals surface area contributed by atoms with Crippen molar-refractivity contribution in [1.29, 1.82) is 0 Å². The van der Waals surface area contributed by atoms with Gasteiger partial charge in [0, 0.05) is 6.54 Å². The van der Waals surface area contributed by atoms with Gasteiger partial charge in [0.25, 0.3) is 0 Å². The van der Waals surface area contributed by atoms with Gasteiger partial charge in [-0.05, 0) is 18.6 Å². The van der Waals surface area contributed by atoms with Crippen LogP contribution in [0.5, 0.6) is 0 Å². The molecular formula is C11H17NO5S. The van der Waals surface area contributed by atoms with Crippen LogP contribution in [0.1, 0.15) is 43.2 Å². The second-order valence-electron chi connectivity index (χ2n) is 3.89. The van der Waals surface area contributed by atoms with E-state index in [0.29, 0.717) is 10.7 Å². The molecule has 1 aromatic rings. The first kappa shape index (κ1) is 14.7. The standard InChI is InChI=1S/C11H17NO5S/c1-2-3-4-5-8-12(18(14,15)16)11(13)10-7-6-9-17-10/h6-7,9H,2-5,8H2,1H3,(H,14,15,16). The maximum atomic E-state index is 11.8. The van der Waals surface area contributed by atoms with Crippen molar-refractivity contribution in [3.05, 3.63) is 24.2 Å². The SMILES string of the molecule is CCCCCCN(C(=O)c1ccco1)S(=O)(=O)O. The fraction of sp³-hybridized carbons (Fsp3) is 0.545. The minimum Gasteiger partial charge on any atom is -0.459 e. The molecule has 0 fully saturated rings. The van der Waals surface area contributed by atoms with Gasteiger partial charge in [-0.15, -0.1) is 0 Å². The van der Waals surface area contributed by atoms with Gasteiger partial charge in [-0.2, -0.15) is 8.42 Å². The first-order valence-electron chi connectivity index (χ1n) is 5.79. The van der Waals surface area contributed by atoms with Crippen LogP contribution in [0.4, 0.5) is 0 Å². The third-order valence-corrected chi connectivity index (χ3v) is 3.36. The second-order valence-corrected chi connectivity index (χ2v) is 5.23. The molecule has 0 aliphatic rings. The number of furan rings is 1. The highest BCUT2D eigenvalue weighted by Gasteiger charge is 2.27. The van der Waals surface area contributed by atoms with Crippen LogP contribution in [0.15, 0.2) is 22.8 Å². The lowest BCUT2D eigenvalue weighted by molar-refractivity contribution is 0.0819. The Kier molecular flexibility index (Phi) is 5.36. The molecule has 7 heteroatoms. The number of rotatable bonds is 7. The molecule has 102 valence electrons. The summed E-state index contributed by atoms with van der Waals surface area (Å²) in [5.41, 5.74) is 0. The fourth-order valence-corrected chi connectivity index (χ4v) is 2.19. The van der Waals surface area contributed by atoms with E-state index in [4.69, 9.17) is 8.97 Å². The van der Waals surface area contributed by atoms with E-state index < -0.39 is 16.2 Å². The molecule has 1 rings (SSSR count). The summed E-state index contributed by atoms with van der Waals surface area (Å²) >= 11 is 0. The van der Waals surface area contributed by atoms with E-state index >= 15 is 0 Å². The normalized spacial score (nSPS) is 11.4. The Labute approximate surface area is 106 Å². The van der Waals surface area contributed by atoms with E-state index in [1.165, 1.54) is 18.4 Å². The molecule has 0 unspecified atom stereocenters. The topological polar surface area (TPSA) is 87.8 Å². The zero-order valence-electron chi connectivity index (χ0n) is 10.2. The molecule has 0 aromatic carbocycles. The largest absolute Gasteiger partial charge is 0.459 e. The van der Waals surface area contributed by atoms with Gasteiger partial charge in [-0.3, -0.25) is 9.35 Å². The van der Waals surface area contributed by atoms with Gasteiger partial charge >= 0.3 is 16.2 Å². The quantitative estimate of drug-likeness (QED) is 0.608. The van der Waals surface area contributed by atoms with Gasteiger partial charge in [0.1, 0.15) is 0 Å². The highest BCUT2D eigenvalue weighted by Crippen LogP contribution is 2.11. The summed E-state index contributed by atoms with van der Waals surface area (Å²) in [5.74, 6) is -0.956.